The zero-order chi connectivity index (χ0) is 23.4. The Bertz CT molecular complexity index is 812. The lowest BCUT2D eigenvalue weighted by Crippen LogP contribution is -2.50. The van der Waals surface area contributed by atoms with Crippen LogP contribution in [0.25, 0.3) is 0 Å². The number of hydrogen-bond donors (Lipinski definition) is 3. The molecule has 182 valence electrons. The zero-order valence-corrected chi connectivity index (χ0v) is 19.6. The van der Waals surface area contributed by atoms with Gasteiger partial charge in [-0.15, -0.1) is 0 Å². The Morgan fingerprint density at radius 3 is 2.42 bits per heavy atom. The van der Waals surface area contributed by atoms with Crippen molar-refractivity contribution in [2.75, 3.05) is 26.2 Å². The Morgan fingerprint density at radius 1 is 1.09 bits per heavy atom. The molecule has 1 aliphatic carbocycles. The largest absolute Gasteiger partial charge is 0.393 e. The Labute approximate surface area is 196 Å². The van der Waals surface area contributed by atoms with Crippen molar-refractivity contribution < 1.29 is 19.8 Å². The molecule has 7 heteroatoms. The molecule has 2 aliphatic heterocycles. The molecule has 4 rings (SSSR count). The van der Waals surface area contributed by atoms with Crippen molar-refractivity contribution in [1.82, 2.24) is 9.80 Å². The molecule has 1 saturated carbocycles. The number of benzene rings is 1. The van der Waals surface area contributed by atoms with Gasteiger partial charge in [0, 0.05) is 37.3 Å². The van der Waals surface area contributed by atoms with Crippen LogP contribution in [0.15, 0.2) is 24.3 Å². The normalized spacial score (nSPS) is 26.8. The lowest BCUT2D eigenvalue weighted by molar-refractivity contribution is -0.143. The predicted octanol–water partition coefficient (Wildman–Crippen LogP) is 2.26. The van der Waals surface area contributed by atoms with E-state index in [0.717, 1.165) is 45.1 Å². The summed E-state index contributed by atoms with van der Waals surface area (Å²) in [7, 11) is 0. The maximum Gasteiger partial charge on any atom is 0.253 e. The number of piperidine rings is 1. The van der Waals surface area contributed by atoms with Crippen LogP contribution in [0.2, 0.25) is 0 Å². The highest BCUT2D eigenvalue weighted by atomic mass is 16.3. The van der Waals surface area contributed by atoms with Gasteiger partial charge in [-0.05, 0) is 68.1 Å². The van der Waals surface area contributed by atoms with Crippen molar-refractivity contribution in [3.63, 3.8) is 0 Å². The molecule has 4 atom stereocenters. The topological polar surface area (TPSA) is 107 Å². The predicted molar refractivity (Wildman–Crippen MR) is 127 cm³/mol. The number of fused-ring (bicyclic) bond motifs is 2. The van der Waals surface area contributed by atoms with Gasteiger partial charge >= 0.3 is 0 Å². The van der Waals surface area contributed by atoms with E-state index in [2.05, 4.69) is 11.0 Å². The Hall–Kier alpha value is -1.96. The maximum atomic E-state index is 12.8. The average molecular weight is 458 g/mol. The average Bonchev–Trinajstić information content (AvgIpc) is 3.07. The smallest absolute Gasteiger partial charge is 0.253 e. The van der Waals surface area contributed by atoms with Crippen LogP contribution in [0.4, 0.5) is 0 Å². The number of primary amides is 1. The minimum atomic E-state index is -1.33. The van der Waals surface area contributed by atoms with E-state index in [-0.39, 0.29) is 11.8 Å². The number of aliphatic hydroxyl groups excluding tert-OH is 2. The molecule has 1 aromatic rings. The van der Waals surface area contributed by atoms with E-state index in [1.165, 1.54) is 24.8 Å². The molecule has 7 nitrogen and oxygen atoms in total. The number of rotatable bonds is 9. The molecule has 3 aliphatic rings. The lowest BCUT2D eigenvalue weighted by atomic mass is 9.84. The molecule has 0 radical (unpaired) electrons. The maximum absolute atomic E-state index is 12.8. The minimum Gasteiger partial charge on any atom is -0.393 e. The highest BCUT2D eigenvalue weighted by Gasteiger charge is 2.41. The highest BCUT2D eigenvalue weighted by molar-refractivity contribution is 5.92. The van der Waals surface area contributed by atoms with Crippen molar-refractivity contribution >= 4 is 11.8 Å². The summed E-state index contributed by atoms with van der Waals surface area (Å²) < 4.78 is 0. The van der Waals surface area contributed by atoms with Crippen LogP contribution in [-0.4, -0.2) is 76.3 Å². The van der Waals surface area contributed by atoms with Crippen LogP contribution in [-0.2, 0) is 4.79 Å². The first-order valence-electron chi connectivity index (χ1n) is 12.7. The molecule has 0 spiro atoms. The first kappa shape index (κ1) is 24.2. The zero-order valence-electron chi connectivity index (χ0n) is 19.6. The summed E-state index contributed by atoms with van der Waals surface area (Å²) >= 11 is 0. The molecular formula is C26H39N3O4. The summed E-state index contributed by atoms with van der Waals surface area (Å²) in [6.07, 6.45) is 9.06. The summed E-state index contributed by atoms with van der Waals surface area (Å²) in [5, 5.41) is 19.3. The van der Waals surface area contributed by atoms with E-state index in [9.17, 15) is 19.8 Å². The monoisotopic (exact) mass is 457 g/mol. The van der Waals surface area contributed by atoms with Crippen molar-refractivity contribution in [3.05, 3.63) is 35.4 Å². The summed E-state index contributed by atoms with van der Waals surface area (Å²) in [6, 6.07) is 8.69. The van der Waals surface area contributed by atoms with Crippen LogP contribution >= 0.6 is 0 Å². The Balaban J connectivity index is 1.38. The van der Waals surface area contributed by atoms with Gasteiger partial charge in [0.1, 0.15) is 0 Å². The van der Waals surface area contributed by atoms with Crippen LogP contribution < -0.4 is 5.73 Å². The summed E-state index contributed by atoms with van der Waals surface area (Å²) in [6.45, 7) is 1.56. The van der Waals surface area contributed by atoms with Crippen molar-refractivity contribution in [2.24, 2.45) is 11.7 Å². The number of aliphatic hydroxyl groups is 2. The number of amides is 2. The third kappa shape index (κ3) is 5.76. The van der Waals surface area contributed by atoms with E-state index in [4.69, 9.17) is 5.73 Å². The highest BCUT2D eigenvalue weighted by Crippen LogP contribution is 2.43. The second-order valence-corrected chi connectivity index (χ2v) is 10.3. The SMILES string of the molecule is NC(=O)c1cccc([C@H]2C[C@H]3CC[C@@H](C2)N3CCN(CC2CCCCC2)C(=O)[C@H](O)CO)c1. The van der Waals surface area contributed by atoms with Crippen molar-refractivity contribution in [2.45, 2.75) is 81.9 Å². The van der Waals surface area contributed by atoms with Crippen LogP contribution in [0.3, 0.4) is 0 Å². The van der Waals surface area contributed by atoms with E-state index in [0.29, 0.717) is 42.6 Å². The number of carbonyl (C=O) groups excluding carboxylic acids is 2. The molecule has 33 heavy (non-hydrogen) atoms. The number of nitrogens with zero attached hydrogens (tertiary/aromatic N) is 2. The summed E-state index contributed by atoms with van der Waals surface area (Å²) in [4.78, 5) is 28.7. The molecule has 2 heterocycles. The van der Waals surface area contributed by atoms with Crippen LogP contribution in [0, 0.1) is 5.92 Å². The molecule has 0 aromatic heterocycles. The van der Waals surface area contributed by atoms with Gasteiger partial charge in [-0.3, -0.25) is 14.5 Å². The first-order chi connectivity index (χ1) is 16.0. The third-order valence-electron chi connectivity index (χ3n) is 8.13. The Kier molecular flexibility index (Phi) is 8.04. The standard InChI is InChI=1S/C26H39N3O4/c27-25(32)20-8-4-7-19(13-20)21-14-22-9-10-23(15-21)29(22)12-11-28(26(33)24(31)17-30)16-18-5-2-1-3-6-18/h4,7-8,13,18,21-24,30-31H,1-3,5-6,9-12,14-17H2,(H2,27,32)/t21-,22+,23-,24-/m1/s1. The van der Waals surface area contributed by atoms with Gasteiger partial charge in [0.2, 0.25) is 5.91 Å². The quantitative estimate of drug-likeness (QED) is 0.527. The fourth-order valence-corrected chi connectivity index (χ4v) is 6.36. The first-order valence-corrected chi connectivity index (χ1v) is 12.7. The molecule has 2 saturated heterocycles. The van der Waals surface area contributed by atoms with E-state index in [1.54, 1.807) is 11.0 Å². The van der Waals surface area contributed by atoms with E-state index < -0.39 is 12.7 Å². The fraction of sp³-hybridized carbons (Fsp3) is 0.692. The summed E-state index contributed by atoms with van der Waals surface area (Å²) in [5.74, 6) is 0.196. The minimum absolute atomic E-state index is 0.339. The van der Waals surface area contributed by atoms with Crippen LogP contribution in [0.5, 0.6) is 0 Å². The Morgan fingerprint density at radius 2 is 1.79 bits per heavy atom. The van der Waals surface area contributed by atoms with Crippen molar-refractivity contribution in [3.8, 4) is 0 Å². The molecular weight excluding hydrogens is 418 g/mol. The van der Waals surface area contributed by atoms with E-state index >= 15 is 0 Å². The van der Waals surface area contributed by atoms with Gasteiger partial charge in [0.25, 0.3) is 5.91 Å². The second kappa shape index (κ2) is 11.0. The van der Waals surface area contributed by atoms with Crippen LogP contribution in [0.1, 0.15) is 79.6 Å². The van der Waals surface area contributed by atoms with Gasteiger partial charge in [-0.25, -0.2) is 0 Å². The molecule has 4 N–H and O–H groups in total. The molecule has 3 fully saturated rings. The van der Waals surface area contributed by atoms with Gasteiger partial charge in [0.05, 0.1) is 6.61 Å². The third-order valence-corrected chi connectivity index (χ3v) is 8.13. The summed E-state index contributed by atoms with van der Waals surface area (Å²) in [5.41, 5.74) is 7.25. The van der Waals surface area contributed by atoms with Gasteiger partial charge in [-0.2, -0.15) is 0 Å². The number of nitrogens with two attached hydrogens (primary N) is 1. The molecule has 2 bridgehead atoms. The molecule has 1 aromatic carbocycles. The van der Waals surface area contributed by atoms with E-state index in [1.807, 2.05) is 12.1 Å². The molecule has 2 amide bonds. The molecule has 0 unspecified atom stereocenters. The number of hydrogen-bond acceptors (Lipinski definition) is 5. The van der Waals surface area contributed by atoms with Gasteiger partial charge in [0.15, 0.2) is 6.10 Å². The second-order valence-electron chi connectivity index (χ2n) is 10.3. The lowest BCUT2D eigenvalue weighted by Gasteiger charge is -2.40. The number of carbonyl (C=O) groups is 2. The van der Waals surface area contributed by atoms with Gasteiger partial charge < -0.3 is 20.8 Å². The van der Waals surface area contributed by atoms with Gasteiger partial charge in [-0.1, -0.05) is 31.4 Å². The van der Waals surface area contributed by atoms with Crippen molar-refractivity contribution in [1.29, 1.82) is 0 Å². The fourth-order valence-electron chi connectivity index (χ4n) is 6.36.